The lowest BCUT2D eigenvalue weighted by Gasteiger charge is -2.32. The van der Waals surface area contributed by atoms with Gasteiger partial charge in [0, 0.05) is 0 Å². The summed E-state index contributed by atoms with van der Waals surface area (Å²) >= 11 is 0. The Morgan fingerprint density at radius 3 is 2.11 bits per heavy atom. The molecule has 105 valence electrons. The smallest absolute Gasteiger partial charge is 0.0172 e. The van der Waals surface area contributed by atoms with Gasteiger partial charge in [-0.2, -0.15) is 0 Å². The summed E-state index contributed by atoms with van der Waals surface area (Å²) in [4.78, 5) is 0. The molecule has 2 rings (SSSR count). The Morgan fingerprint density at radius 2 is 1.47 bits per heavy atom. The average Bonchev–Trinajstić information content (AvgIpc) is 2.80. The topological polar surface area (TPSA) is 0 Å². The quantitative estimate of drug-likeness (QED) is 0.422. The molecule has 0 aromatic heterocycles. The Balaban J connectivity index is 2.13. The van der Waals surface area contributed by atoms with Gasteiger partial charge in [0.15, 0.2) is 0 Å². The van der Waals surface area contributed by atoms with Gasteiger partial charge in [0.25, 0.3) is 0 Å². The molecule has 0 saturated carbocycles. The van der Waals surface area contributed by atoms with Gasteiger partial charge in [-0.05, 0) is 36.0 Å². The first-order chi connectivity index (χ1) is 9.32. The van der Waals surface area contributed by atoms with Crippen LogP contribution in [0.1, 0.15) is 57.9 Å². The molecule has 1 aromatic rings. The highest BCUT2D eigenvalue weighted by Gasteiger charge is 2.30. The fourth-order valence-electron chi connectivity index (χ4n) is 3.13. The molecule has 19 heavy (non-hydrogen) atoms. The molecule has 0 amide bonds. The SMILES string of the molecule is CCCCC[P]1(CCCCC)C=Cc2ccccc21. The fourth-order valence-corrected chi connectivity index (χ4v) is 7.36. The lowest BCUT2D eigenvalue weighted by atomic mass is 10.2. The van der Waals surface area contributed by atoms with Gasteiger partial charge < -0.3 is 0 Å². The van der Waals surface area contributed by atoms with Crippen molar-refractivity contribution in [3.63, 3.8) is 0 Å². The van der Waals surface area contributed by atoms with Crippen molar-refractivity contribution in [2.24, 2.45) is 0 Å². The van der Waals surface area contributed by atoms with Crippen LogP contribution in [0.25, 0.3) is 6.08 Å². The fraction of sp³-hybridized carbons (Fsp3) is 0.556. The van der Waals surface area contributed by atoms with Gasteiger partial charge in [-0.1, -0.05) is 83.0 Å². The van der Waals surface area contributed by atoms with Crippen LogP contribution in [0, 0.1) is 0 Å². The predicted octanol–water partition coefficient (Wildman–Crippen LogP) is 5.69. The molecule has 0 saturated heterocycles. The molecule has 1 radical (unpaired) electrons. The largest absolute Gasteiger partial charge is 0.0767 e. The zero-order chi connectivity index (χ0) is 13.6. The number of fused-ring (bicyclic) bond motifs is 1. The van der Waals surface area contributed by atoms with E-state index in [0.29, 0.717) is 0 Å². The monoisotopic (exact) mass is 275 g/mol. The van der Waals surface area contributed by atoms with E-state index in [-0.39, 0.29) is 0 Å². The molecule has 0 spiro atoms. The minimum absolute atomic E-state index is 0.977. The Labute approximate surface area is 119 Å². The second-order valence-electron chi connectivity index (χ2n) is 5.77. The van der Waals surface area contributed by atoms with E-state index in [1.807, 2.05) is 0 Å². The normalized spacial score (nSPS) is 15.7. The van der Waals surface area contributed by atoms with E-state index in [0.717, 1.165) is 0 Å². The minimum Gasteiger partial charge on any atom is -0.0767 e. The van der Waals surface area contributed by atoms with Crippen LogP contribution in [0.5, 0.6) is 0 Å². The van der Waals surface area contributed by atoms with Gasteiger partial charge >= 0.3 is 0 Å². The van der Waals surface area contributed by atoms with E-state index in [1.165, 1.54) is 56.4 Å². The maximum atomic E-state index is 2.61. The molecular formula is C18H28P. The summed E-state index contributed by atoms with van der Waals surface area (Å²) in [5.74, 6) is 2.61. The van der Waals surface area contributed by atoms with Crippen LogP contribution < -0.4 is 5.30 Å². The molecule has 1 heterocycles. The van der Waals surface area contributed by atoms with Crippen molar-refractivity contribution < 1.29 is 0 Å². The Bertz CT molecular complexity index is 409. The molecule has 0 aliphatic carbocycles. The lowest BCUT2D eigenvalue weighted by molar-refractivity contribution is 0.761. The van der Waals surface area contributed by atoms with E-state index in [4.69, 9.17) is 0 Å². The summed E-state index contributed by atoms with van der Waals surface area (Å²) in [6, 6.07) is 9.12. The Hall–Kier alpha value is -0.610. The van der Waals surface area contributed by atoms with E-state index in [2.05, 4.69) is 50.0 Å². The van der Waals surface area contributed by atoms with Gasteiger partial charge in [-0.15, -0.1) is 0 Å². The summed E-state index contributed by atoms with van der Waals surface area (Å²) in [7, 11) is -0.977. The second kappa shape index (κ2) is 7.25. The van der Waals surface area contributed by atoms with E-state index in [1.54, 1.807) is 5.30 Å². The van der Waals surface area contributed by atoms with Crippen LogP contribution in [-0.4, -0.2) is 12.3 Å². The zero-order valence-corrected chi connectivity index (χ0v) is 13.5. The molecule has 0 fully saturated rings. The molecule has 1 heteroatoms. The molecule has 0 N–H and O–H groups in total. The molecule has 1 aliphatic rings. The molecule has 0 unspecified atom stereocenters. The van der Waals surface area contributed by atoms with Crippen molar-refractivity contribution in [2.45, 2.75) is 52.4 Å². The predicted molar refractivity (Wildman–Crippen MR) is 90.8 cm³/mol. The standard InChI is InChI=1S/C18H28P/c1-3-5-9-14-19(15-10-6-4-2)16-13-17-11-7-8-12-18(17)19/h7-8,11-13,16H,3-6,9-10,14-15H2,1-2H3. The molecule has 1 aliphatic heterocycles. The van der Waals surface area contributed by atoms with Crippen molar-refractivity contribution in [3.05, 3.63) is 35.6 Å². The Morgan fingerprint density at radius 1 is 0.842 bits per heavy atom. The Kier molecular flexibility index (Phi) is 5.64. The van der Waals surface area contributed by atoms with E-state index < -0.39 is 7.26 Å². The number of hydrogen-bond acceptors (Lipinski definition) is 0. The lowest BCUT2D eigenvalue weighted by Crippen LogP contribution is -2.15. The van der Waals surface area contributed by atoms with Gasteiger partial charge in [-0.25, -0.2) is 0 Å². The molecule has 0 nitrogen and oxygen atoms in total. The van der Waals surface area contributed by atoms with Crippen molar-refractivity contribution >= 4 is 18.6 Å². The number of unbranched alkanes of at least 4 members (excludes halogenated alkanes) is 4. The minimum atomic E-state index is -0.977. The van der Waals surface area contributed by atoms with Crippen LogP contribution in [0.15, 0.2) is 30.1 Å². The highest BCUT2D eigenvalue weighted by atomic mass is 31.2. The average molecular weight is 275 g/mol. The third-order valence-corrected chi connectivity index (χ3v) is 8.59. The third kappa shape index (κ3) is 3.48. The maximum Gasteiger partial charge on any atom is -0.0172 e. The first kappa shape index (κ1) is 14.8. The van der Waals surface area contributed by atoms with Crippen molar-refractivity contribution in [1.29, 1.82) is 0 Å². The van der Waals surface area contributed by atoms with Gasteiger partial charge in [-0.3, -0.25) is 0 Å². The summed E-state index contributed by atoms with van der Waals surface area (Å²) in [5.41, 5.74) is 1.50. The molecule has 1 aromatic carbocycles. The van der Waals surface area contributed by atoms with E-state index >= 15 is 0 Å². The number of benzene rings is 1. The first-order valence-corrected chi connectivity index (χ1v) is 10.2. The van der Waals surface area contributed by atoms with Gasteiger partial charge in [0.2, 0.25) is 0 Å². The number of rotatable bonds is 8. The maximum absolute atomic E-state index is 2.61. The summed E-state index contributed by atoms with van der Waals surface area (Å²) in [6.07, 6.45) is 13.6. The van der Waals surface area contributed by atoms with E-state index in [9.17, 15) is 0 Å². The summed E-state index contributed by atoms with van der Waals surface area (Å²) in [5, 5.41) is 1.70. The zero-order valence-electron chi connectivity index (χ0n) is 12.6. The van der Waals surface area contributed by atoms with Crippen molar-refractivity contribution in [3.8, 4) is 0 Å². The van der Waals surface area contributed by atoms with Crippen LogP contribution in [0.2, 0.25) is 0 Å². The van der Waals surface area contributed by atoms with Gasteiger partial charge in [0.05, 0.1) is 0 Å². The molecule has 0 atom stereocenters. The highest BCUT2D eigenvalue weighted by molar-refractivity contribution is 7.86. The molecule has 0 bridgehead atoms. The second-order valence-corrected chi connectivity index (χ2v) is 9.51. The molecular weight excluding hydrogens is 247 g/mol. The van der Waals surface area contributed by atoms with Gasteiger partial charge in [0.1, 0.15) is 0 Å². The summed E-state index contributed by atoms with van der Waals surface area (Å²) < 4.78 is 0. The summed E-state index contributed by atoms with van der Waals surface area (Å²) in [6.45, 7) is 4.61. The number of hydrogen-bond donors (Lipinski definition) is 0. The van der Waals surface area contributed by atoms with Crippen LogP contribution in [0.3, 0.4) is 0 Å². The third-order valence-electron chi connectivity index (χ3n) is 4.28. The van der Waals surface area contributed by atoms with Crippen LogP contribution in [0.4, 0.5) is 0 Å². The van der Waals surface area contributed by atoms with Crippen molar-refractivity contribution in [2.75, 3.05) is 12.3 Å². The van der Waals surface area contributed by atoms with Crippen LogP contribution in [-0.2, 0) is 0 Å². The highest BCUT2D eigenvalue weighted by Crippen LogP contribution is 2.64. The first-order valence-electron chi connectivity index (χ1n) is 7.98. The van der Waals surface area contributed by atoms with Crippen LogP contribution >= 0.6 is 7.26 Å². The van der Waals surface area contributed by atoms with Crippen molar-refractivity contribution in [1.82, 2.24) is 0 Å².